The fraction of sp³-hybridized carbons (Fsp3) is 0.500. The molecule has 0 fully saturated rings. The molecule has 124 valence electrons. The van der Waals surface area contributed by atoms with E-state index in [4.69, 9.17) is 0 Å². The van der Waals surface area contributed by atoms with Crippen LogP contribution >= 0.6 is 0 Å². The quantitative estimate of drug-likeness (QED) is 0.904. The van der Waals surface area contributed by atoms with E-state index in [2.05, 4.69) is 20.3 Å². The van der Waals surface area contributed by atoms with Gasteiger partial charge in [-0.25, -0.2) is 9.97 Å². The summed E-state index contributed by atoms with van der Waals surface area (Å²) in [5, 5.41) is 2.78. The Balaban J connectivity index is 1.59. The predicted octanol–water partition coefficient (Wildman–Crippen LogP) is 1.93. The van der Waals surface area contributed by atoms with Crippen molar-refractivity contribution < 1.29 is 18.0 Å². The summed E-state index contributed by atoms with van der Waals surface area (Å²) in [5.41, 5.74) is -0.480. The maximum Gasteiger partial charge on any atom is 0.434 e. The number of hydrogen-bond donors (Lipinski definition) is 2. The largest absolute Gasteiger partial charge is 0.434 e. The lowest BCUT2D eigenvalue weighted by Gasteiger charge is -2.23. The van der Waals surface area contributed by atoms with Crippen LogP contribution in [-0.4, -0.2) is 32.0 Å². The zero-order chi connectivity index (χ0) is 16.6. The molecule has 3 heterocycles. The number of imidazole rings is 2. The van der Waals surface area contributed by atoms with Crippen LogP contribution in [0.15, 0.2) is 12.4 Å². The zero-order valence-corrected chi connectivity index (χ0v) is 12.4. The summed E-state index contributed by atoms with van der Waals surface area (Å²) in [7, 11) is 0. The van der Waals surface area contributed by atoms with Crippen molar-refractivity contribution >= 4 is 5.91 Å². The molecule has 0 saturated heterocycles. The lowest BCUT2D eigenvalue weighted by Crippen LogP contribution is -2.33. The predicted molar refractivity (Wildman–Crippen MR) is 74.7 cm³/mol. The number of rotatable bonds is 3. The highest BCUT2D eigenvalue weighted by Gasteiger charge is 2.35. The summed E-state index contributed by atoms with van der Waals surface area (Å²) < 4.78 is 39.5. The molecule has 0 radical (unpaired) electrons. The summed E-state index contributed by atoms with van der Waals surface area (Å²) in [6, 6.07) is 0. The Morgan fingerprint density at radius 3 is 2.96 bits per heavy atom. The van der Waals surface area contributed by atoms with Gasteiger partial charge >= 0.3 is 6.18 Å². The molecule has 1 atom stereocenters. The number of alkyl halides is 3. The number of aryl methyl sites for hydroxylation is 2. The van der Waals surface area contributed by atoms with Crippen molar-refractivity contribution in [3.05, 3.63) is 35.4 Å². The van der Waals surface area contributed by atoms with E-state index in [1.54, 1.807) is 6.92 Å². The van der Waals surface area contributed by atoms with Crippen LogP contribution in [0.3, 0.4) is 0 Å². The average Bonchev–Trinajstić information content (AvgIpc) is 3.09. The smallest absolute Gasteiger partial charge is 0.350 e. The highest BCUT2D eigenvalue weighted by molar-refractivity contribution is 5.92. The van der Waals surface area contributed by atoms with Gasteiger partial charge in [0.2, 0.25) is 0 Å². The van der Waals surface area contributed by atoms with Crippen LogP contribution in [0.2, 0.25) is 0 Å². The standard InChI is InChI=1S/C14H16F3N5O/c1-8-18-5-10(20-8)13(23)19-4-9-2-3-12-21-11(14(15,16)17)7-22(12)6-9/h5,7,9H,2-4,6H2,1H3,(H,18,20)(H,19,23). The van der Waals surface area contributed by atoms with Crippen LogP contribution in [0.25, 0.3) is 0 Å². The van der Waals surface area contributed by atoms with E-state index in [-0.39, 0.29) is 11.8 Å². The van der Waals surface area contributed by atoms with Gasteiger partial charge in [0.1, 0.15) is 17.3 Å². The molecule has 23 heavy (non-hydrogen) atoms. The maximum atomic E-state index is 12.7. The minimum atomic E-state index is -4.42. The highest BCUT2D eigenvalue weighted by atomic mass is 19.4. The molecule has 0 saturated carbocycles. The van der Waals surface area contributed by atoms with E-state index in [1.165, 1.54) is 10.8 Å². The van der Waals surface area contributed by atoms with Gasteiger partial charge in [0, 0.05) is 25.7 Å². The van der Waals surface area contributed by atoms with E-state index in [9.17, 15) is 18.0 Å². The van der Waals surface area contributed by atoms with Gasteiger partial charge in [0.15, 0.2) is 5.69 Å². The molecule has 1 aliphatic heterocycles. The van der Waals surface area contributed by atoms with Gasteiger partial charge in [-0.2, -0.15) is 13.2 Å². The SMILES string of the molecule is Cc1ncc(C(=O)NCC2CCc3nc(C(F)(F)F)cn3C2)[nH]1. The number of amides is 1. The molecular formula is C14H16F3N5O. The Hall–Kier alpha value is -2.32. The number of carbonyl (C=O) groups excluding carboxylic acids is 1. The second-order valence-electron chi connectivity index (χ2n) is 5.69. The number of hydrogen-bond acceptors (Lipinski definition) is 3. The van der Waals surface area contributed by atoms with Gasteiger partial charge in [-0.05, 0) is 19.3 Å². The molecule has 0 aliphatic carbocycles. The third-order valence-electron chi connectivity index (χ3n) is 3.88. The van der Waals surface area contributed by atoms with E-state index < -0.39 is 11.9 Å². The molecule has 1 aliphatic rings. The van der Waals surface area contributed by atoms with Crippen LogP contribution in [0.4, 0.5) is 13.2 Å². The van der Waals surface area contributed by atoms with E-state index in [0.717, 1.165) is 6.20 Å². The van der Waals surface area contributed by atoms with Crippen molar-refractivity contribution in [3.63, 3.8) is 0 Å². The summed E-state index contributed by atoms with van der Waals surface area (Å²) in [6.45, 7) is 2.56. The Kier molecular flexibility index (Phi) is 3.87. The van der Waals surface area contributed by atoms with Gasteiger partial charge < -0.3 is 14.9 Å². The molecule has 0 spiro atoms. The maximum absolute atomic E-state index is 12.7. The van der Waals surface area contributed by atoms with Gasteiger partial charge in [-0.3, -0.25) is 4.79 Å². The second kappa shape index (κ2) is 5.71. The first-order valence-corrected chi connectivity index (χ1v) is 7.26. The lowest BCUT2D eigenvalue weighted by atomic mass is 9.99. The number of aromatic amines is 1. The molecule has 1 amide bonds. The first kappa shape index (κ1) is 15.6. The third-order valence-corrected chi connectivity index (χ3v) is 3.88. The van der Waals surface area contributed by atoms with Crippen LogP contribution in [0.1, 0.15) is 34.3 Å². The minimum Gasteiger partial charge on any atom is -0.350 e. The fourth-order valence-electron chi connectivity index (χ4n) is 2.69. The summed E-state index contributed by atoms with van der Waals surface area (Å²) in [6.07, 6.45) is -0.764. The molecular weight excluding hydrogens is 311 g/mol. The topological polar surface area (TPSA) is 75.6 Å². The zero-order valence-electron chi connectivity index (χ0n) is 12.4. The van der Waals surface area contributed by atoms with Crippen molar-refractivity contribution in [3.8, 4) is 0 Å². The molecule has 0 aromatic carbocycles. The molecule has 0 bridgehead atoms. The first-order valence-electron chi connectivity index (χ1n) is 7.26. The summed E-state index contributed by atoms with van der Waals surface area (Å²) in [5.74, 6) is 0.906. The van der Waals surface area contributed by atoms with E-state index >= 15 is 0 Å². The number of fused-ring (bicyclic) bond motifs is 1. The molecule has 1 unspecified atom stereocenters. The molecule has 9 heteroatoms. The van der Waals surface area contributed by atoms with Crippen molar-refractivity contribution in [2.75, 3.05) is 6.54 Å². The van der Waals surface area contributed by atoms with Crippen LogP contribution < -0.4 is 5.32 Å². The first-order chi connectivity index (χ1) is 10.8. The number of aromatic nitrogens is 4. The van der Waals surface area contributed by atoms with Gasteiger partial charge in [0.05, 0.1) is 6.20 Å². The molecule has 2 N–H and O–H groups in total. The van der Waals surface area contributed by atoms with Gasteiger partial charge in [-0.15, -0.1) is 0 Å². The monoisotopic (exact) mass is 327 g/mol. The van der Waals surface area contributed by atoms with E-state index in [0.29, 0.717) is 43.3 Å². The Morgan fingerprint density at radius 1 is 1.52 bits per heavy atom. The van der Waals surface area contributed by atoms with Crippen molar-refractivity contribution in [1.29, 1.82) is 0 Å². The van der Waals surface area contributed by atoms with Crippen LogP contribution in [-0.2, 0) is 19.1 Å². The Bertz CT molecular complexity index is 718. The summed E-state index contributed by atoms with van der Waals surface area (Å²) >= 11 is 0. The fourth-order valence-corrected chi connectivity index (χ4v) is 2.69. The number of nitrogens with one attached hydrogen (secondary N) is 2. The van der Waals surface area contributed by atoms with Crippen molar-refractivity contribution in [2.24, 2.45) is 5.92 Å². The number of carbonyl (C=O) groups is 1. The second-order valence-corrected chi connectivity index (χ2v) is 5.69. The van der Waals surface area contributed by atoms with Gasteiger partial charge in [-0.1, -0.05) is 0 Å². The Labute approximate surface area is 130 Å². The van der Waals surface area contributed by atoms with Crippen LogP contribution in [0.5, 0.6) is 0 Å². The molecule has 2 aromatic rings. The highest BCUT2D eigenvalue weighted by Crippen LogP contribution is 2.30. The normalized spacial score (nSPS) is 17.8. The molecule has 3 rings (SSSR count). The molecule has 6 nitrogen and oxygen atoms in total. The number of halogens is 3. The average molecular weight is 327 g/mol. The summed E-state index contributed by atoms with van der Waals surface area (Å²) in [4.78, 5) is 22.4. The van der Waals surface area contributed by atoms with Crippen molar-refractivity contribution in [1.82, 2.24) is 24.8 Å². The minimum absolute atomic E-state index is 0.0748. The Morgan fingerprint density at radius 2 is 2.30 bits per heavy atom. The van der Waals surface area contributed by atoms with Gasteiger partial charge in [0.25, 0.3) is 5.91 Å². The van der Waals surface area contributed by atoms with Crippen molar-refractivity contribution in [2.45, 2.75) is 32.5 Å². The third kappa shape index (κ3) is 3.38. The number of nitrogens with zero attached hydrogens (tertiary/aromatic N) is 3. The lowest BCUT2D eigenvalue weighted by molar-refractivity contribution is -0.141. The van der Waals surface area contributed by atoms with Crippen LogP contribution in [0, 0.1) is 12.8 Å². The molecule has 2 aromatic heterocycles. The number of H-pyrrole nitrogens is 1. The van der Waals surface area contributed by atoms with E-state index in [1.807, 2.05) is 0 Å².